The second-order valence-corrected chi connectivity index (χ2v) is 8.61. The molecule has 0 aliphatic heterocycles. The van der Waals surface area contributed by atoms with E-state index >= 15 is 0 Å². The van der Waals surface area contributed by atoms with Crippen molar-refractivity contribution in [2.75, 3.05) is 4.31 Å². The van der Waals surface area contributed by atoms with Gasteiger partial charge in [0, 0.05) is 16.1 Å². The van der Waals surface area contributed by atoms with Crippen LogP contribution in [0.1, 0.15) is 29.0 Å². The number of urea groups is 1. The smallest absolute Gasteiger partial charge is 0.362 e. The standard InChI is InChI=1S/C25H20BrN3O3S/c1-16(17-6-8-19(26)9-7-17)28-25(31)29(33)20-10-12-21(13-11-20)32-24(30)23-22-5-3-2-4-18(22)14-15-27-23/h2-16,33H,1H3,(H,28,31). The number of rotatable bonds is 5. The summed E-state index contributed by atoms with van der Waals surface area (Å²) in [6, 6.07) is 23.0. The Morgan fingerprint density at radius 3 is 2.42 bits per heavy atom. The molecule has 166 valence electrons. The number of amides is 2. The molecule has 1 aromatic heterocycles. The lowest BCUT2D eigenvalue weighted by Crippen LogP contribution is -2.35. The molecule has 0 fully saturated rings. The fourth-order valence-corrected chi connectivity index (χ4v) is 3.75. The Morgan fingerprint density at radius 1 is 1.00 bits per heavy atom. The molecule has 0 radical (unpaired) electrons. The summed E-state index contributed by atoms with van der Waals surface area (Å²) >= 11 is 7.72. The molecule has 0 spiro atoms. The number of esters is 1. The zero-order chi connectivity index (χ0) is 23.4. The van der Waals surface area contributed by atoms with Crippen LogP contribution in [0.25, 0.3) is 10.8 Å². The average Bonchev–Trinajstić information content (AvgIpc) is 2.84. The topological polar surface area (TPSA) is 71.5 Å². The second-order valence-electron chi connectivity index (χ2n) is 7.30. The van der Waals surface area contributed by atoms with E-state index < -0.39 is 5.97 Å². The van der Waals surface area contributed by atoms with Crippen LogP contribution in [0.4, 0.5) is 10.5 Å². The fraction of sp³-hybridized carbons (Fsp3) is 0.0800. The van der Waals surface area contributed by atoms with Crippen LogP contribution in [-0.4, -0.2) is 17.0 Å². The Morgan fingerprint density at radius 2 is 1.70 bits per heavy atom. The first kappa shape index (κ1) is 22.8. The number of benzene rings is 3. The molecule has 4 rings (SSSR count). The third-order valence-corrected chi connectivity index (χ3v) is 6.00. The van der Waals surface area contributed by atoms with Gasteiger partial charge in [-0.3, -0.25) is 0 Å². The third kappa shape index (κ3) is 5.35. The van der Waals surface area contributed by atoms with Crippen molar-refractivity contribution in [1.82, 2.24) is 10.3 Å². The Balaban J connectivity index is 1.41. The van der Waals surface area contributed by atoms with E-state index in [1.807, 2.05) is 61.5 Å². The monoisotopic (exact) mass is 521 g/mol. The number of ether oxygens (including phenoxy) is 1. The lowest BCUT2D eigenvalue weighted by Gasteiger charge is -2.21. The number of carbonyl (C=O) groups excluding carboxylic acids is 2. The van der Waals surface area contributed by atoms with Gasteiger partial charge in [0.2, 0.25) is 0 Å². The Bertz CT molecular complexity index is 1290. The van der Waals surface area contributed by atoms with E-state index in [-0.39, 0.29) is 17.8 Å². The molecule has 8 heteroatoms. The number of pyridine rings is 1. The van der Waals surface area contributed by atoms with E-state index in [1.165, 1.54) is 4.31 Å². The summed E-state index contributed by atoms with van der Waals surface area (Å²) in [6.45, 7) is 1.90. The van der Waals surface area contributed by atoms with Crippen LogP contribution in [0.15, 0.2) is 89.5 Å². The van der Waals surface area contributed by atoms with Crippen molar-refractivity contribution in [2.24, 2.45) is 0 Å². The zero-order valence-electron chi connectivity index (χ0n) is 17.6. The molecule has 0 saturated carbocycles. The Hall–Kier alpha value is -3.36. The zero-order valence-corrected chi connectivity index (χ0v) is 20.1. The molecule has 1 unspecified atom stereocenters. The lowest BCUT2D eigenvalue weighted by atomic mass is 10.1. The quantitative estimate of drug-likeness (QED) is 0.182. The van der Waals surface area contributed by atoms with E-state index in [2.05, 4.69) is 39.0 Å². The molecular formula is C25H20BrN3O3S. The maximum atomic E-state index is 12.7. The van der Waals surface area contributed by atoms with Crippen molar-refractivity contribution in [3.8, 4) is 5.75 Å². The van der Waals surface area contributed by atoms with Gasteiger partial charge in [0.15, 0.2) is 5.69 Å². The van der Waals surface area contributed by atoms with Crippen LogP contribution in [-0.2, 0) is 0 Å². The highest BCUT2D eigenvalue weighted by Crippen LogP contribution is 2.24. The highest BCUT2D eigenvalue weighted by molar-refractivity contribution is 9.10. The first-order valence-corrected chi connectivity index (χ1v) is 11.3. The van der Waals surface area contributed by atoms with Gasteiger partial charge in [-0.25, -0.2) is 18.9 Å². The number of aromatic nitrogens is 1. The van der Waals surface area contributed by atoms with E-state index in [4.69, 9.17) is 4.74 Å². The van der Waals surface area contributed by atoms with Crippen molar-refractivity contribution < 1.29 is 14.3 Å². The molecule has 0 bridgehead atoms. The summed E-state index contributed by atoms with van der Waals surface area (Å²) in [5.41, 5.74) is 1.74. The van der Waals surface area contributed by atoms with Gasteiger partial charge in [-0.2, -0.15) is 0 Å². The Kier molecular flexibility index (Phi) is 6.96. The predicted molar refractivity (Wildman–Crippen MR) is 136 cm³/mol. The summed E-state index contributed by atoms with van der Waals surface area (Å²) in [4.78, 5) is 29.4. The van der Waals surface area contributed by atoms with E-state index in [9.17, 15) is 9.59 Å². The number of thiol groups is 1. The van der Waals surface area contributed by atoms with Gasteiger partial charge in [0.25, 0.3) is 0 Å². The number of nitrogens with one attached hydrogen (secondary N) is 1. The van der Waals surface area contributed by atoms with Crippen molar-refractivity contribution >= 4 is 57.2 Å². The van der Waals surface area contributed by atoms with Crippen LogP contribution < -0.4 is 14.4 Å². The van der Waals surface area contributed by atoms with E-state index in [0.29, 0.717) is 11.4 Å². The highest BCUT2D eigenvalue weighted by atomic mass is 79.9. The third-order valence-electron chi connectivity index (χ3n) is 5.06. The first-order valence-electron chi connectivity index (χ1n) is 10.1. The number of anilines is 1. The van der Waals surface area contributed by atoms with Crippen molar-refractivity contribution in [1.29, 1.82) is 0 Å². The average molecular weight is 522 g/mol. The van der Waals surface area contributed by atoms with Gasteiger partial charge in [-0.1, -0.05) is 65.1 Å². The van der Waals surface area contributed by atoms with Gasteiger partial charge >= 0.3 is 12.0 Å². The summed E-state index contributed by atoms with van der Waals surface area (Å²) < 4.78 is 7.66. The first-order chi connectivity index (χ1) is 15.9. The molecule has 1 atom stereocenters. The number of hydrogen-bond donors (Lipinski definition) is 2. The summed E-state index contributed by atoms with van der Waals surface area (Å²) in [6.07, 6.45) is 1.58. The van der Waals surface area contributed by atoms with Gasteiger partial charge < -0.3 is 10.1 Å². The molecule has 33 heavy (non-hydrogen) atoms. The van der Waals surface area contributed by atoms with Crippen LogP contribution in [0, 0.1) is 0 Å². The molecule has 6 nitrogen and oxygen atoms in total. The number of hydrogen-bond acceptors (Lipinski definition) is 5. The van der Waals surface area contributed by atoms with E-state index in [1.54, 1.807) is 30.5 Å². The number of nitrogens with zero attached hydrogens (tertiary/aromatic N) is 2. The minimum Gasteiger partial charge on any atom is -0.422 e. The van der Waals surface area contributed by atoms with Crippen LogP contribution in [0.5, 0.6) is 5.75 Å². The van der Waals surface area contributed by atoms with Gasteiger partial charge in [0.05, 0.1) is 11.7 Å². The molecule has 3 aromatic carbocycles. The molecule has 0 aliphatic carbocycles. The van der Waals surface area contributed by atoms with E-state index in [0.717, 1.165) is 20.8 Å². The molecular weight excluding hydrogens is 502 g/mol. The number of fused-ring (bicyclic) bond motifs is 1. The van der Waals surface area contributed by atoms with Gasteiger partial charge in [-0.15, -0.1) is 0 Å². The minimum atomic E-state index is -0.552. The minimum absolute atomic E-state index is 0.200. The predicted octanol–water partition coefficient (Wildman–Crippen LogP) is 6.34. The van der Waals surface area contributed by atoms with Crippen molar-refractivity contribution in [2.45, 2.75) is 13.0 Å². The van der Waals surface area contributed by atoms with Crippen molar-refractivity contribution in [3.05, 3.63) is 101 Å². The maximum Gasteiger partial charge on any atom is 0.362 e. The highest BCUT2D eigenvalue weighted by Gasteiger charge is 2.17. The molecule has 2 amide bonds. The van der Waals surface area contributed by atoms with Gasteiger partial charge in [-0.05, 0) is 60.3 Å². The van der Waals surface area contributed by atoms with Crippen LogP contribution in [0.2, 0.25) is 0 Å². The SMILES string of the molecule is CC(NC(=O)N(S)c1ccc(OC(=O)c2nccc3ccccc23)cc1)c1ccc(Br)cc1. The largest absolute Gasteiger partial charge is 0.422 e. The number of carbonyl (C=O) groups is 2. The van der Waals surface area contributed by atoms with Crippen LogP contribution >= 0.6 is 28.7 Å². The van der Waals surface area contributed by atoms with Crippen LogP contribution in [0.3, 0.4) is 0 Å². The summed E-state index contributed by atoms with van der Waals surface area (Å²) in [5.74, 6) is -0.216. The van der Waals surface area contributed by atoms with Crippen molar-refractivity contribution in [3.63, 3.8) is 0 Å². The molecule has 1 N–H and O–H groups in total. The number of halogens is 1. The lowest BCUT2D eigenvalue weighted by molar-refractivity contribution is 0.0731. The Labute approximate surface area is 205 Å². The summed E-state index contributed by atoms with van der Waals surface area (Å²) in [7, 11) is 0. The molecule has 0 saturated heterocycles. The fourth-order valence-electron chi connectivity index (χ4n) is 3.29. The normalized spacial score (nSPS) is 11.6. The summed E-state index contributed by atoms with van der Waals surface area (Å²) in [5, 5.41) is 4.53. The van der Waals surface area contributed by atoms with Gasteiger partial charge in [0.1, 0.15) is 5.75 Å². The maximum absolute atomic E-state index is 12.7. The molecule has 4 aromatic rings. The molecule has 1 heterocycles. The second kappa shape index (κ2) is 10.1. The molecule has 0 aliphatic rings.